The Morgan fingerprint density at radius 1 is 1.23 bits per heavy atom. The summed E-state index contributed by atoms with van der Waals surface area (Å²) in [7, 11) is 0.380. The quantitative estimate of drug-likeness (QED) is 0.449. The Bertz CT molecular complexity index is 852. The van der Waals surface area contributed by atoms with Crippen LogP contribution in [0.4, 0.5) is 0 Å². The van der Waals surface area contributed by atoms with Crippen LogP contribution >= 0.6 is 0 Å². The van der Waals surface area contributed by atoms with Crippen LogP contribution in [-0.2, 0) is 14.8 Å². The predicted molar refractivity (Wildman–Crippen MR) is 117 cm³/mol. The molecule has 1 aromatic heterocycles. The van der Waals surface area contributed by atoms with Crippen molar-refractivity contribution in [2.24, 2.45) is 5.92 Å². The number of carbonyl (C=O) groups is 1. The summed E-state index contributed by atoms with van der Waals surface area (Å²) < 4.78 is 38.3. The van der Waals surface area contributed by atoms with Crippen LogP contribution in [0.3, 0.4) is 0 Å². The van der Waals surface area contributed by atoms with Crippen molar-refractivity contribution in [3.8, 4) is 0 Å². The largest absolute Gasteiger partial charge is 0.383 e. The number of fused-ring (bicyclic) bond motifs is 2. The lowest BCUT2D eigenvalue weighted by Gasteiger charge is -2.37. The lowest BCUT2D eigenvalue weighted by molar-refractivity contribution is 0.0916. The Kier molecular flexibility index (Phi) is 7.15. The second-order valence-corrected chi connectivity index (χ2v) is 11.5. The summed E-state index contributed by atoms with van der Waals surface area (Å²) >= 11 is 0. The van der Waals surface area contributed by atoms with E-state index < -0.39 is 10.0 Å². The van der Waals surface area contributed by atoms with Gasteiger partial charge in [0.1, 0.15) is 11.5 Å². The van der Waals surface area contributed by atoms with Crippen molar-refractivity contribution in [3.05, 3.63) is 17.5 Å². The summed E-state index contributed by atoms with van der Waals surface area (Å²) in [4.78, 5) is 14.8. The zero-order valence-electron chi connectivity index (χ0n) is 18.7. The molecule has 3 heterocycles. The molecule has 2 bridgehead atoms. The van der Waals surface area contributed by atoms with Crippen LogP contribution in [0.2, 0.25) is 0 Å². The summed E-state index contributed by atoms with van der Waals surface area (Å²) in [5.41, 5.74) is 0.432. The number of ketones is 1. The molecule has 174 valence electrons. The molecule has 8 nitrogen and oxygen atoms in total. The van der Waals surface area contributed by atoms with E-state index in [0.29, 0.717) is 31.1 Å². The minimum Gasteiger partial charge on any atom is -0.383 e. The molecule has 0 N–H and O–H groups in total. The molecule has 1 aliphatic carbocycles. The third kappa shape index (κ3) is 5.56. The van der Waals surface area contributed by atoms with Gasteiger partial charge in [-0.05, 0) is 64.5 Å². The molecule has 31 heavy (non-hydrogen) atoms. The Morgan fingerprint density at radius 3 is 2.58 bits per heavy atom. The summed E-state index contributed by atoms with van der Waals surface area (Å²) in [5.74, 6) is 1.70. The van der Waals surface area contributed by atoms with E-state index in [2.05, 4.69) is 10.1 Å². The van der Waals surface area contributed by atoms with E-state index in [1.165, 1.54) is 0 Å². The number of ether oxygens (including phenoxy) is 1. The number of sulfonamides is 1. The fraction of sp³-hybridized carbons (Fsp3) is 0.818. The minimum atomic E-state index is -3.28. The van der Waals surface area contributed by atoms with Crippen LogP contribution in [-0.4, -0.2) is 80.3 Å². The molecule has 0 spiro atoms. The molecule has 2 saturated heterocycles. The molecule has 9 heteroatoms. The average molecular weight is 454 g/mol. The fourth-order valence-corrected chi connectivity index (χ4v) is 7.19. The van der Waals surface area contributed by atoms with E-state index in [1.54, 1.807) is 17.5 Å². The predicted octanol–water partition coefficient (Wildman–Crippen LogP) is 2.67. The monoisotopic (exact) mass is 453 g/mol. The number of hydrogen-bond donors (Lipinski definition) is 0. The molecule has 1 saturated carbocycles. The van der Waals surface area contributed by atoms with Gasteiger partial charge in [-0.25, -0.2) is 8.42 Å². The highest BCUT2D eigenvalue weighted by Crippen LogP contribution is 2.43. The van der Waals surface area contributed by atoms with Gasteiger partial charge in [-0.2, -0.15) is 4.31 Å². The average Bonchev–Trinajstić information content (AvgIpc) is 3.38. The van der Waals surface area contributed by atoms with Crippen LogP contribution in [0.5, 0.6) is 0 Å². The molecular formula is C22H35N3O5S. The van der Waals surface area contributed by atoms with E-state index in [4.69, 9.17) is 9.26 Å². The number of hydrogen-bond acceptors (Lipinski definition) is 7. The van der Waals surface area contributed by atoms with Crippen LogP contribution in [0.15, 0.2) is 10.6 Å². The van der Waals surface area contributed by atoms with Gasteiger partial charge in [0, 0.05) is 44.1 Å². The molecule has 2 aliphatic heterocycles. The van der Waals surface area contributed by atoms with Crippen molar-refractivity contribution < 1.29 is 22.5 Å². The molecule has 1 unspecified atom stereocenters. The first-order valence-corrected chi connectivity index (χ1v) is 13.2. The number of Topliss-reactive ketones (excluding diaryl/α,β-unsaturated/α-hetero) is 1. The first kappa shape index (κ1) is 22.9. The fourth-order valence-electron chi connectivity index (χ4n) is 5.20. The van der Waals surface area contributed by atoms with E-state index in [-0.39, 0.29) is 29.5 Å². The summed E-state index contributed by atoms with van der Waals surface area (Å²) in [6, 6.07) is 1.87. The number of aromatic nitrogens is 1. The second kappa shape index (κ2) is 9.68. The van der Waals surface area contributed by atoms with Gasteiger partial charge >= 0.3 is 0 Å². The Hall–Kier alpha value is -1.29. The molecule has 0 aromatic carbocycles. The maximum atomic E-state index is 13.1. The maximum absolute atomic E-state index is 13.1. The maximum Gasteiger partial charge on any atom is 0.214 e. The summed E-state index contributed by atoms with van der Waals surface area (Å²) in [6.07, 6.45) is 6.62. The smallest absolute Gasteiger partial charge is 0.214 e. The highest BCUT2D eigenvalue weighted by Gasteiger charge is 2.46. The lowest BCUT2D eigenvalue weighted by atomic mass is 9.87. The Balaban J connectivity index is 1.28. The SMILES string of the molecule is COCCN(C)CCCS(=O)(=O)N1[C@@H]2CC[C@H]1CC(CC(=O)c1cc(C3CC3)on1)C2. The van der Waals surface area contributed by atoms with E-state index in [9.17, 15) is 13.2 Å². The number of piperidine rings is 1. The van der Waals surface area contributed by atoms with Gasteiger partial charge in [0.15, 0.2) is 5.78 Å². The van der Waals surface area contributed by atoms with Gasteiger partial charge < -0.3 is 14.2 Å². The molecule has 3 atom stereocenters. The molecule has 3 fully saturated rings. The first-order chi connectivity index (χ1) is 14.9. The normalized spacial score (nSPS) is 26.6. The number of carbonyl (C=O) groups excluding carboxylic acids is 1. The standard InChI is InChI=1S/C22H35N3O5S/c1-24(9-10-29-2)8-3-11-31(27,28)25-18-6-7-19(25)13-16(12-18)14-21(26)20-15-22(30-23-20)17-4-5-17/h15-19H,3-14H2,1-2H3/t16?,18-,19+. The van der Waals surface area contributed by atoms with Crippen LogP contribution < -0.4 is 0 Å². The number of likely N-dealkylation sites (N-methyl/N-ethyl adjacent to an activating group) is 1. The van der Waals surface area contributed by atoms with Crippen molar-refractivity contribution >= 4 is 15.8 Å². The molecule has 1 aromatic rings. The van der Waals surface area contributed by atoms with Gasteiger partial charge in [-0.1, -0.05) is 5.16 Å². The van der Waals surface area contributed by atoms with Crippen molar-refractivity contribution in [3.63, 3.8) is 0 Å². The van der Waals surface area contributed by atoms with Gasteiger partial charge in [0.2, 0.25) is 10.0 Å². The zero-order valence-corrected chi connectivity index (χ0v) is 19.5. The van der Waals surface area contributed by atoms with E-state index in [1.807, 2.05) is 7.05 Å². The number of nitrogens with zero attached hydrogens (tertiary/aromatic N) is 3. The van der Waals surface area contributed by atoms with Gasteiger partial charge in [-0.3, -0.25) is 4.79 Å². The van der Waals surface area contributed by atoms with Crippen LogP contribution in [0.25, 0.3) is 0 Å². The van der Waals surface area contributed by atoms with Crippen molar-refractivity contribution in [2.75, 3.05) is 39.6 Å². The molecule has 0 amide bonds. The molecule has 3 aliphatic rings. The third-order valence-electron chi connectivity index (χ3n) is 6.97. The lowest BCUT2D eigenvalue weighted by Crippen LogP contribution is -2.47. The van der Waals surface area contributed by atoms with Gasteiger partial charge in [-0.15, -0.1) is 0 Å². The Labute approximate surface area is 185 Å². The number of rotatable bonds is 12. The van der Waals surface area contributed by atoms with Crippen molar-refractivity contribution in [1.82, 2.24) is 14.4 Å². The minimum absolute atomic E-state index is 0.0236. The zero-order chi connectivity index (χ0) is 22.0. The van der Waals surface area contributed by atoms with Gasteiger partial charge in [0.25, 0.3) is 0 Å². The third-order valence-corrected chi connectivity index (χ3v) is 9.02. The number of methoxy groups -OCH3 is 1. The highest BCUT2D eigenvalue weighted by atomic mass is 32.2. The topological polar surface area (TPSA) is 93.0 Å². The van der Waals surface area contributed by atoms with Crippen LogP contribution in [0.1, 0.15) is 73.5 Å². The Morgan fingerprint density at radius 2 is 1.94 bits per heavy atom. The molecule has 4 rings (SSSR count). The summed E-state index contributed by atoms with van der Waals surface area (Å²) in [6.45, 7) is 2.19. The molecular weight excluding hydrogens is 418 g/mol. The highest BCUT2D eigenvalue weighted by molar-refractivity contribution is 7.89. The van der Waals surface area contributed by atoms with Crippen molar-refractivity contribution in [1.29, 1.82) is 0 Å². The summed E-state index contributed by atoms with van der Waals surface area (Å²) in [5, 5.41) is 3.97. The van der Waals surface area contributed by atoms with E-state index >= 15 is 0 Å². The van der Waals surface area contributed by atoms with Gasteiger partial charge in [0.05, 0.1) is 12.4 Å². The second-order valence-electron chi connectivity index (χ2n) is 9.53. The molecule has 0 radical (unpaired) electrons. The van der Waals surface area contributed by atoms with E-state index in [0.717, 1.165) is 57.4 Å². The van der Waals surface area contributed by atoms with Crippen molar-refractivity contribution in [2.45, 2.75) is 69.4 Å². The van der Waals surface area contributed by atoms with Crippen LogP contribution in [0, 0.1) is 5.92 Å². The first-order valence-electron chi connectivity index (χ1n) is 11.6.